The van der Waals surface area contributed by atoms with Gasteiger partial charge in [0.2, 0.25) is 0 Å². The molecule has 0 aromatic heterocycles. The number of carbonyl (C=O) groups excluding carboxylic acids is 1. The number of anilines is 1. The first-order chi connectivity index (χ1) is 11.9. The Morgan fingerprint density at radius 2 is 1.60 bits per heavy atom. The van der Waals surface area contributed by atoms with Crippen LogP contribution in [0.4, 0.5) is 11.4 Å². The Morgan fingerprint density at radius 3 is 2.16 bits per heavy atom. The Bertz CT molecular complexity index is 884. The Labute approximate surface area is 149 Å². The van der Waals surface area contributed by atoms with Gasteiger partial charge >= 0.3 is 5.97 Å². The number of hydrogen-bond acceptors (Lipinski definition) is 4. The molecule has 0 spiro atoms. The number of thioether (sulfide) groups is 1. The van der Waals surface area contributed by atoms with Crippen LogP contribution in [-0.4, -0.2) is 22.2 Å². The fraction of sp³-hybridized carbons (Fsp3) is 0.105. The summed E-state index contributed by atoms with van der Waals surface area (Å²) in [6, 6.07) is 15.0. The van der Waals surface area contributed by atoms with E-state index in [1.54, 1.807) is 0 Å². The van der Waals surface area contributed by atoms with E-state index in [4.69, 9.17) is 5.11 Å². The van der Waals surface area contributed by atoms with Crippen molar-refractivity contribution >= 4 is 40.2 Å². The largest absolute Gasteiger partial charge is 0.478 e. The molecule has 0 saturated carbocycles. The Hall–Kier alpha value is -2.86. The van der Waals surface area contributed by atoms with Crippen molar-refractivity contribution in [3.8, 4) is 0 Å². The van der Waals surface area contributed by atoms with E-state index in [9.17, 15) is 9.59 Å². The summed E-state index contributed by atoms with van der Waals surface area (Å²) in [6.07, 6.45) is 0.922. The van der Waals surface area contributed by atoms with Crippen LogP contribution >= 0.6 is 11.8 Å². The molecule has 2 aromatic carbocycles. The highest BCUT2D eigenvalue weighted by Crippen LogP contribution is 2.36. The standard InChI is InChI=1S/C19H16N2O3S/c1-12-3-7-14(8-4-12)20-19-21(15-9-5-13(2)6-10-15)18(24)16(25-19)11-17(22)23/h3-11H,1-2H3,(H,22,23). The van der Waals surface area contributed by atoms with Crippen LogP contribution in [0.15, 0.2) is 64.5 Å². The van der Waals surface area contributed by atoms with E-state index in [-0.39, 0.29) is 10.8 Å². The van der Waals surface area contributed by atoms with Gasteiger partial charge < -0.3 is 5.11 Å². The van der Waals surface area contributed by atoms with Crippen molar-refractivity contribution in [1.29, 1.82) is 0 Å². The van der Waals surface area contributed by atoms with Gasteiger partial charge in [0.15, 0.2) is 5.17 Å². The molecule has 0 radical (unpaired) electrons. The lowest BCUT2D eigenvalue weighted by molar-refractivity contribution is -0.131. The molecule has 126 valence electrons. The lowest BCUT2D eigenvalue weighted by atomic mass is 10.2. The molecule has 1 aliphatic rings. The van der Waals surface area contributed by atoms with Crippen molar-refractivity contribution in [3.05, 3.63) is 70.6 Å². The number of amides is 1. The monoisotopic (exact) mass is 352 g/mol. The second-order valence-electron chi connectivity index (χ2n) is 5.65. The highest BCUT2D eigenvalue weighted by Gasteiger charge is 2.35. The van der Waals surface area contributed by atoms with Gasteiger partial charge in [-0.1, -0.05) is 35.4 Å². The molecule has 1 heterocycles. The van der Waals surface area contributed by atoms with Crippen molar-refractivity contribution in [1.82, 2.24) is 0 Å². The molecule has 1 aliphatic heterocycles. The maximum absolute atomic E-state index is 12.7. The molecular formula is C19H16N2O3S. The van der Waals surface area contributed by atoms with Gasteiger partial charge in [0.1, 0.15) is 0 Å². The van der Waals surface area contributed by atoms with E-state index in [2.05, 4.69) is 4.99 Å². The number of aliphatic imine (C=N–C) groups is 1. The minimum atomic E-state index is -1.16. The summed E-state index contributed by atoms with van der Waals surface area (Å²) in [6.45, 7) is 3.94. The summed E-state index contributed by atoms with van der Waals surface area (Å²) < 4.78 is 0. The predicted molar refractivity (Wildman–Crippen MR) is 100 cm³/mol. The van der Waals surface area contributed by atoms with Crippen LogP contribution in [0.2, 0.25) is 0 Å². The molecular weight excluding hydrogens is 336 g/mol. The van der Waals surface area contributed by atoms with E-state index in [0.717, 1.165) is 29.0 Å². The van der Waals surface area contributed by atoms with E-state index in [0.29, 0.717) is 16.5 Å². The second kappa shape index (κ2) is 6.94. The van der Waals surface area contributed by atoms with Crippen LogP contribution in [0.3, 0.4) is 0 Å². The van der Waals surface area contributed by atoms with Gasteiger partial charge in [-0.2, -0.15) is 0 Å². The molecule has 5 nitrogen and oxygen atoms in total. The number of benzene rings is 2. The number of carboxylic acid groups (broad SMARTS) is 1. The zero-order valence-electron chi connectivity index (χ0n) is 13.8. The van der Waals surface area contributed by atoms with Crippen LogP contribution in [0.1, 0.15) is 11.1 Å². The number of aryl methyl sites for hydroxylation is 2. The normalized spacial score (nSPS) is 17.5. The molecule has 2 aromatic rings. The number of rotatable bonds is 3. The van der Waals surface area contributed by atoms with E-state index >= 15 is 0 Å². The fourth-order valence-electron chi connectivity index (χ4n) is 2.31. The molecule has 25 heavy (non-hydrogen) atoms. The Kier molecular flexibility index (Phi) is 4.72. The van der Waals surface area contributed by atoms with Crippen molar-refractivity contribution in [2.45, 2.75) is 13.8 Å². The van der Waals surface area contributed by atoms with Gasteiger partial charge in [0.25, 0.3) is 5.91 Å². The van der Waals surface area contributed by atoms with E-state index in [1.807, 2.05) is 62.4 Å². The average Bonchev–Trinajstić information content (AvgIpc) is 2.86. The SMILES string of the molecule is Cc1ccc(N=C2SC(=CC(=O)O)C(=O)N2c2ccc(C)cc2)cc1. The van der Waals surface area contributed by atoms with Gasteiger partial charge in [-0.25, -0.2) is 9.79 Å². The van der Waals surface area contributed by atoms with Gasteiger partial charge in [-0.3, -0.25) is 9.69 Å². The van der Waals surface area contributed by atoms with Crippen LogP contribution in [0.5, 0.6) is 0 Å². The summed E-state index contributed by atoms with van der Waals surface area (Å²) in [5.41, 5.74) is 3.54. The first-order valence-corrected chi connectivity index (χ1v) is 8.44. The Balaban J connectivity index is 2.06. The van der Waals surface area contributed by atoms with Gasteiger partial charge in [0.05, 0.1) is 16.3 Å². The molecule has 1 fully saturated rings. The third-order valence-electron chi connectivity index (χ3n) is 3.61. The molecule has 0 bridgehead atoms. The minimum Gasteiger partial charge on any atom is -0.478 e. The van der Waals surface area contributed by atoms with Crippen molar-refractivity contribution in [2.24, 2.45) is 4.99 Å². The third-order valence-corrected chi connectivity index (χ3v) is 4.58. The van der Waals surface area contributed by atoms with Crippen LogP contribution in [0.25, 0.3) is 0 Å². The average molecular weight is 352 g/mol. The first-order valence-electron chi connectivity index (χ1n) is 7.63. The molecule has 1 amide bonds. The maximum atomic E-state index is 12.7. The molecule has 0 atom stereocenters. The quantitative estimate of drug-likeness (QED) is 0.847. The third kappa shape index (κ3) is 3.80. The zero-order valence-corrected chi connectivity index (χ0v) is 14.6. The number of carbonyl (C=O) groups is 2. The summed E-state index contributed by atoms with van der Waals surface area (Å²) >= 11 is 1.06. The van der Waals surface area contributed by atoms with Crippen LogP contribution < -0.4 is 4.90 Å². The smallest absolute Gasteiger partial charge is 0.329 e. The number of carboxylic acids is 1. The number of nitrogens with zero attached hydrogens (tertiary/aromatic N) is 2. The first kappa shape index (κ1) is 17.0. The summed E-state index contributed by atoms with van der Waals surface area (Å²) in [7, 11) is 0. The van der Waals surface area contributed by atoms with E-state index in [1.165, 1.54) is 4.90 Å². The van der Waals surface area contributed by atoms with E-state index < -0.39 is 5.97 Å². The molecule has 3 rings (SSSR count). The minimum absolute atomic E-state index is 0.138. The van der Waals surface area contributed by atoms with Crippen LogP contribution in [0, 0.1) is 13.8 Å². The maximum Gasteiger partial charge on any atom is 0.329 e. The second-order valence-corrected chi connectivity index (χ2v) is 6.66. The van der Waals surface area contributed by atoms with Gasteiger partial charge in [0, 0.05) is 6.08 Å². The summed E-state index contributed by atoms with van der Waals surface area (Å²) in [5.74, 6) is -1.54. The molecule has 6 heteroatoms. The molecule has 0 unspecified atom stereocenters. The lowest BCUT2D eigenvalue weighted by Gasteiger charge is -2.15. The lowest BCUT2D eigenvalue weighted by Crippen LogP contribution is -2.28. The number of aliphatic carboxylic acids is 1. The van der Waals surface area contributed by atoms with Crippen molar-refractivity contribution < 1.29 is 14.7 Å². The summed E-state index contributed by atoms with van der Waals surface area (Å²) in [4.78, 5) is 29.8. The molecule has 1 N–H and O–H groups in total. The van der Waals surface area contributed by atoms with Crippen LogP contribution in [-0.2, 0) is 9.59 Å². The molecule has 0 aliphatic carbocycles. The highest BCUT2D eigenvalue weighted by molar-refractivity contribution is 8.19. The highest BCUT2D eigenvalue weighted by atomic mass is 32.2. The zero-order chi connectivity index (χ0) is 18.0. The van der Waals surface area contributed by atoms with Gasteiger partial charge in [-0.05, 0) is 49.9 Å². The number of amidine groups is 1. The predicted octanol–water partition coefficient (Wildman–Crippen LogP) is 4.04. The van der Waals surface area contributed by atoms with Gasteiger partial charge in [-0.15, -0.1) is 0 Å². The fourth-order valence-corrected chi connectivity index (χ4v) is 3.28. The molecule has 1 saturated heterocycles. The summed E-state index contributed by atoms with van der Waals surface area (Å²) in [5, 5.41) is 9.43. The Morgan fingerprint density at radius 1 is 1.04 bits per heavy atom. The van der Waals surface area contributed by atoms with Crippen molar-refractivity contribution in [2.75, 3.05) is 4.90 Å². The number of hydrogen-bond donors (Lipinski definition) is 1. The topological polar surface area (TPSA) is 70.0 Å². The van der Waals surface area contributed by atoms with Crippen molar-refractivity contribution in [3.63, 3.8) is 0 Å².